The van der Waals surface area contributed by atoms with Crippen LogP contribution in [0.1, 0.15) is 18.9 Å². The van der Waals surface area contributed by atoms with Crippen molar-refractivity contribution in [1.29, 1.82) is 0 Å². The van der Waals surface area contributed by atoms with E-state index in [1.165, 1.54) is 5.56 Å². The summed E-state index contributed by atoms with van der Waals surface area (Å²) >= 11 is 0. The Hall–Kier alpha value is -1.94. The molecule has 100 valence electrons. The predicted octanol–water partition coefficient (Wildman–Crippen LogP) is 2.47. The number of anilines is 1. The molecule has 2 aromatic rings. The van der Waals surface area contributed by atoms with Crippen LogP contribution in [0.5, 0.6) is 0 Å². The fraction of sp³-hybridized carbons (Fsp3) is 0.333. The Balaban J connectivity index is 2.04. The number of benzene rings is 1. The van der Waals surface area contributed by atoms with E-state index in [4.69, 9.17) is 5.73 Å². The van der Waals surface area contributed by atoms with E-state index in [0.717, 1.165) is 30.5 Å². The first-order valence-electron chi connectivity index (χ1n) is 6.68. The van der Waals surface area contributed by atoms with Crippen molar-refractivity contribution in [3.63, 3.8) is 0 Å². The van der Waals surface area contributed by atoms with Gasteiger partial charge in [0.15, 0.2) is 0 Å². The minimum atomic E-state index is 0.655. The van der Waals surface area contributed by atoms with E-state index in [9.17, 15) is 0 Å². The Morgan fingerprint density at radius 2 is 1.74 bits per heavy atom. The highest BCUT2D eigenvalue weighted by atomic mass is 15.1. The molecule has 0 amide bonds. The Morgan fingerprint density at radius 1 is 1.05 bits per heavy atom. The highest BCUT2D eigenvalue weighted by Gasteiger charge is 2.00. The topological polar surface area (TPSA) is 63.8 Å². The van der Waals surface area contributed by atoms with Crippen molar-refractivity contribution in [2.24, 2.45) is 5.73 Å². The number of nitrogens with one attached hydrogen (secondary N) is 1. The highest BCUT2D eigenvalue weighted by Crippen LogP contribution is 2.18. The summed E-state index contributed by atoms with van der Waals surface area (Å²) in [6.07, 6.45) is 5.67. The minimum Gasteiger partial charge on any atom is -0.354 e. The van der Waals surface area contributed by atoms with Crippen molar-refractivity contribution in [2.45, 2.75) is 19.8 Å². The van der Waals surface area contributed by atoms with Crippen LogP contribution in [0.3, 0.4) is 0 Å². The van der Waals surface area contributed by atoms with Crippen LogP contribution in [0.4, 0.5) is 5.95 Å². The van der Waals surface area contributed by atoms with Gasteiger partial charge in [0.2, 0.25) is 5.95 Å². The summed E-state index contributed by atoms with van der Waals surface area (Å²) in [5.74, 6) is 0.655. The van der Waals surface area contributed by atoms with Gasteiger partial charge >= 0.3 is 0 Å². The van der Waals surface area contributed by atoms with E-state index < -0.39 is 0 Å². The lowest BCUT2D eigenvalue weighted by molar-refractivity contribution is 0.864. The maximum atomic E-state index is 5.44. The minimum absolute atomic E-state index is 0.655. The molecule has 0 atom stereocenters. The molecule has 0 fully saturated rings. The van der Waals surface area contributed by atoms with E-state index in [1.54, 1.807) is 0 Å². The van der Waals surface area contributed by atoms with Gasteiger partial charge in [-0.1, -0.05) is 31.2 Å². The fourth-order valence-corrected chi connectivity index (χ4v) is 1.80. The zero-order valence-corrected chi connectivity index (χ0v) is 11.3. The first-order valence-corrected chi connectivity index (χ1v) is 6.68. The molecule has 3 N–H and O–H groups in total. The van der Waals surface area contributed by atoms with Gasteiger partial charge in [0.05, 0.1) is 0 Å². The zero-order valence-electron chi connectivity index (χ0n) is 11.3. The maximum absolute atomic E-state index is 5.44. The van der Waals surface area contributed by atoms with Gasteiger partial charge in [-0.2, -0.15) is 0 Å². The molecule has 4 heteroatoms. The third-order valence-electron chi connectivity index (χ3n) is 3.01. The van der Waals surface area contributed by atoms with Crippen molar-refractivity contribution in [2.75, 3.05) is 18.4 Å². The monoisotopic (exact) mass is 256 g/mol. The number of hydrogen-bond acceptors (Lipinski definition) is 4. The molecule has 0 aliphatic heterocycles. The zero-order chi connectivity index (χ0) is 13.5. The van der Waals surface area contributed by atoms with Crippen molar-refractivity contribution >= 4 is 5.95 Å². The molecule has 0 unspecified atom stereocenters. The normalized spacial score (nSPS) is 10.4. The fourth-order valence-electron chi connectivity index (χ4n) is 1.80. The van der Waals surface area contributed by atoms with Crippen LogP contribution in [0.15, 0.2) is 36.7 Å². The molecule has 19 heavy (non-hydrogen) atoms. The molecule has 4 nitrogen and oxygen atoms in total. The van der Waals surface area contributed by atoms with Gasteiger partial charge in [-0.25, -0.2) is 9.97 Å². The van der Waals surface area contributed by atoms with E-state index in [-0.39, 0.29) is 0 Å². The largest absolute Gasteiger partial charge is 0.354 e. The van der Waals surface area contributed by atoms with E-state index in [0.29, 0.717) is 12.5 Å². The number of nitrogens with zero attached hydrogens (tertiary/aromatic N) is 2. The molecule has 0 radical (unpaired) electrons. The first-order chi connectivity index (χ1) is 9.33. The summed E-state index contributed by atoms with van der Waals surface area (Å²) < 4.78 is 0. The number of aromatic nitrogens is 2. The average Bonchev–Trinajstić information content (AvgIpc) is 2.48. The third-order valence-corrected chi connectivity index (χ3v) is 3.01. The van der Waals surface area contributed by atoms with Gasteiger partial charge in [-0.3, -0.25) is 0 Å². The van der Waals surface area contributed by atoms with Crippen LogP contribution in [0.25, 0.3) is 11.1 Å². The Kier molecular flexibility index (Phi) is 4.86. The van der Waals surface area contributed by atoms with Gasteiger partial charge in [-0.15, -0.1) is 0 Å². The Labute approximate surface area is 114 Å². The lowest BCUT2D eigenvalue weighted by atomic mass is 10.1. The van der Waals surface area contributed by atoms with Gasteiger partial charge < -0.3 is 11.1 Å². The SMILES string of the molecule is CCc1ccc(-c2cnc(NCCCN)nc2)cc1. The smallest absolute Gasteiger partial charge is 0.222 e. The van der Waals surface area contributed by atoms with Crippen LogP contribution in [-0.4, -0.2) is 23.1 Å². The maximum Gasteiger partial charge on any atom is 0.222 e. The number of nitrogens with two attached hydrogens (primary N) is 1. The first kappa shape index (κ1) is 13.5. The molecular weight excluding hydrogens is 236 g/mol. The number of rotatable bonds is 6. The van der Waals surface area contributed by atoms with Crippen LogP contribution >= 0.6 is 0 Å². The molecule has 1 aromatic heterocycles. The molecule has 0 aliphatic rings. The molecule has 0 aliphatic carbocycles. The van der Waals surface area contributed by atoms with Crippen molar-refractivity contribution in [3.8, 4) is 11.1 Å². The second-order valence-corrected chi connectivity index (χ2v) is 4.41. The van der Waals surface area contributed by atoms with Crippen LogP contribution in [-0.2, 0) is 6.42 Å². The van der Waals surface area contributed by atoms with Crippen LogP contribution < -0.4 is 11.1 Å². The lowest BCUT2D eigenvalue weighted by Gasteiger charge is -2.05. The Morgan fingerprint density at radius 3 is 2.32 bits per heavy atom. The molecule has 1 heterocycles. The van der Waals surface area contributed by atoms with E-state index in [2.05, 4.69) is 46.5 Å². The quantitative estimate of drug-likeness (QED) is 0.779. The van der Waals surface area contributed by atoms with E-state index in [1.807, 2.05) is 12.4 Å². The van der Waals surface area contributed by atoms with Gasteiger partial charge in [0.1, 0.15) is 0 Å². The van der Waals surface area contributed by atoms with Crippen molar-refractivity contribution in [1.82, 2.24) is 9.97 Å². The lowest BCUT2D eigenvalue weighted by Crippen LogP contribution is -2.10. The predicted molar refractivity (Wildman–Crippen MR) is 79.0 cm³/mol. The molecule has 0 spiro atoms. The molecule has 1 aromatic carbocycles. The third kappa shape index (κ3) is 3.76. The Bertz CT molecular complexity index is 491. The van der Waals surface area contributed by atoms with Crippen LogP contribution in [0.2, 0.25) is 0 Å². The molecular formula is C15H20N4. The number of hydrogen-bond donors (Lipinski definition) is 2. The average molecular weight is 256 g/mol. The van der Waals surface area contributed by atoms with Crippen molar-refractivity contribution < 1.29 is 0 Å². The highest BCUT2D eigenvalue weighted by molar-refractivity contribution is 5.62. The van der Waals surface area contributed by atoms with Crippen LogP contribution in [0, 0.1) is 0 Å². The summed E-state index contributed by atoms with van der Waals surface area (Å²) in [6.45, 7) is 3.63. The van der Waals surface area contributed by atoms with Gasteiger partial charge in [-0.05, 0) is 30.5 Å². The molecule has 2 rings (SSSR count). The van der Waals surface area contributed by atoms with Gasteiger partial charge in [0, 0.05) is 24.5 Å². The number of aryl methyl sites for hydroxylation is 1. The van der Waals surface area contributed by atoms with Crippen molar-refractivity contribution in [3.05, 3.63) is 42.2 Å². The summed E-state index contributed by atoms with van der Waals surface area (Å²) in [5, 5.41) is 3.14. The summed E-state index contributed by atoms with van der Waals surface area (Å²) in [4.78, 5) is 8.61. The second-order valence-electron chi connectivity index (χ2n) is 4.41. The van der Waals surface area contributed by atoms with Gasteiger partial charge in [0.25, 0.3) is 0 Å². The molecule has 0 saturated heterocycles. The summed E-state index contributed by atoms with van der Waals surface area (Å²) in [7, 11) is 0. The van der Waals surface area contributed by atoms with E-state index >= 15 is 0 Å². The molecule has 0 saturated carbocycles. The molecule has 0 bridgehead atoms. The summed E-state index contributed by atoms with van der Waals surface area (Å²) in [6, 6.07) is 8.50. The second kappa shape index (κ2) is 6.85. The summed E-state index contributed by atoms with van der Waals surface area (Å²) in [5.41, 5.74) is 8.95. The standard InChI is InChI=1S/C15H20N4/c1-2-12-4-6-13(7-5-12)14-10-18-15(19-11-14)17-9-3-8-16/h4-7,10-11H,2-3,8-9,16H2,1H3,(H,17,18,19).